The molecule has 1 aliphatic rings. The lowest BCUT2D eigenvalue weighted by Crippen LogP contribution is -2.44. The number of piperidine rings is 1. The Morgan fingerprint density at radius 3 is 2.35 bits per heavy atom. The van der Waals surface area contributed by atoms with Gasteiger partial charge in [0.15, 0.2) is 0 Å². The Labute approximate surface area is 211 Å². The third-order valence-corrected chi connectivity index (χ3v) is 8.48. The molecule has 3 rings (SSSR count). The Balaban J connectivity index is 1.74. The number of halogens is 2. The molecule has 1 unspecified atom stereocenters. The average Bonchev–Trinajstić information content (AvgIpc) is 2.82. The normalized spacial score (nSPS) is 16.8. The predicted molar refractivity (Wildman–Crippen MR) is 136 cm³/mol. The van der Waals surface area contributed by atoms with Crippen LogP contribution in [-0.4, -0.2) is 55.6 Å². The van der Waals surface area contributed by atoms with E-state index in [9.17, 15) is 18.0 Å². The minimum Gasteiger partial charge on any atom is -0.339 e. The lowest BCUT2D eigenvalue weighted by molar-refractivity contribution is -0.120. The van der Waals surface area contributed by atoms with Crippen LogP contribution >= 0.6 is 23.2 Å². The summed E-state index contributed by atoms with van der Waals surface area (Å²) >= 11 is 12.3. The van der Waals surface area contributed by atoms with E-state index in [-0.39, 0.29) is 34.2 Å². The minimum atomic E-state index is -3.74. The van der Waals surface area contributed by atoms with Crippen LogP contribution in [0.25, 0.3) is 0 Å². The van der Waals surface area contributed by atoms with E-state index in [0.29, 0.717) is 49.3 Å². The molecule has 1 atom stereocenters. The summed E-state index contributed by atoms with van der Waals surface area (Å²) in [6.45, 7) is 5.30. The van der Waals surface area contributed by atoms with Crippen LogP contribution in [0.5, 0.6) is 0 Å². The van der Waals surface area contributed by atoms with Crippen LogP contribution in [0, 0.1) is 5.92 Å². The highest BCUT2D eigenvalue weighted by Gasteiger charge is 2.33. The summed E-state index contributed by atoms with van der Waals surface area (Å²) in [4.78, 5) is 27.6. The van der Waals surface area contributed by atoms with Crippen molar-refractivity contribution in [3.8, 4) is 0 Å². The smallest absolute Gasteiger partial charge is 0.255 e. The molecule has 0 aliphatic carbocycles. The van der Waals surface area contributed by atoms with Crippen LogP contribution < -0.4 is 5.32 Å². The molecule has 1 heterocycles. The van der Waals surface area contributed by atoms with Gasteiger partial charge in [-0.1, -0.05) is 41.4 Å². The van der Waals surface area contributed by atoms with Crippen molar-refractivity contribution in [3.63, 3.8) is 0 Å². The van der Waals surface area contributed by atoms with Gasteiger partial charge in [0.25, 0.3) is 5.91 Å². The number of benzene rings is 2. The van der Waals surface area contributed by atoms with Crippen molar-refractivity contribution in [1.29, 1.82) is 0 Å². The second-order valence-electron chi connectivity index (χ2n) is 8.17. The van der Waals surface area contributed by atoms with E-state index >= 15 is 0 Å². The quantitative estimate of drug-likeness (QED) is 0.543. The molecule has 2 aromatic carbocycles. The number of carbonyl (C=O) groups is 2. The Bertz CT molecular complexity index is 1130. The number of carbonyl (C=O) groups excluding carboxylic acids is 2. The molecule has 0 radical (unpaired) electrons. The molecule has 1 aliphatic heterocycles. The number of para-hydroxylation sites is 1. The van der Waals surface area contributed by atoms with Crippen molar-refractivity contribution in [1.82, 2.24) is 9.21 Å². The summed E-state index contributed by atoms with van der Waals surface area (Å²) in [6, 6.07) is 11.7. The van der Waals surface area contributed by atoms with Crippen LogP contribution in [0.3, 0.4) is 0 Å². The van der Waals surface area contributed by atoms with Crippen molar-refractivity contribution >= 4 is 50.7 Å². The summed E-state index contributed by atoms with van der Waals surface area (Å²) in [5, 5.41) is 3.43. The van der Waals surface area contributed by atoms with Gasteiger partial charge in [-0.3, -0.25) is 9.59 Å². The fourth-order valence-electron chi connectivity index (χ4n) is 4.05. The maximum Gasteiger partial charge on any atom is 0.255 e. The Morgan fingerprint density at radius 1 is 1.06 bits per heavy atom. The van der Waals surface area contributed by atoms with E-state index in [4.69, 9.17) is 23.2 Å². The highest BCUT2D eigenvalue weighted by molar-refractivity contribution is 7.88. The topological polar surface area (TPSA) is 86.8 Å². The first kappa shape index (κ1) is 26.5. The molecule has 1 fully saturated rings. The first-order valence-corrected chi connectivity index (χ1v) is 13.6. The van der Waals surface area contributed by atoms with Gasteiger partial charge in [-0.25, -0.2) is 12.7 Å². The van der Waals surface area contributed by atoms with Gasteiger partial charge < -0.3 is 10.2 Å². The number of anilines is 1. The number of hydrogen-bond donors (Lipinski definition) is 1. The molecule has 0 bridgehead atoms. The standard InChI is InChI=1S/C24H29Cl2N3O4S/c1-3-28(4-2)24(31)18-10-5-6-13-22(18)27-23(30)17-9-8-14-29(15-17)34(32,33)16-19-20(25)11-7-12-21(19)26/h5-7,10-13,17H,3-4,8-9,14-16H2,1-2H3,(H,27,30). The molecular formula is C24H29Cl2N3O4S. The number of hydrogen-bond acceptors (Lipinski definition) is 4. The van der Waals surface area contributed by atoms with E-state index in [0.717, 1.165) is 0 Å². The van der Waals surface area contributed by atoms with Gasteiger partial charge in [-0.05, 0) is 51.0 Å². The van der Waals surface area contributed by atoms with Gasteiger partial charge in [-0.15, -0.1) is 0 Å². The van der Waals surface area contributed by atoms with Gasteiger partial charge >= 0.3 is 0 Å². The molecule has 2 amide bonds. The number of amides is 2. The highest BCUT2D eigenvalue weighted by Crippen LogP contribution is 2.29. The fraction of sp³-hybridized carbons (Fsp3) is 0.417. The van der Waals surface area contributed by atoms with Crippen molar-refractivity contribution < 1.29 is 18.0 Å². The molecule has 0 saturated carbocycles. The van der Waals surface area contributed by atoms with Crippen molar-refractivity contribution in [3.05, 3.63) is 63.6 Å². The van der Waals surface area contributed by atoms with Crippen LogP contribution in [0.2, 0.25) is 10.0 Å². The molecule has 0 spiro atoms. The Morgan fingerprint density at radius 2 is 1.71 bits per heavy atom. The molecule has 0 aromatic heterocycles. The van der Waals surface area contributed by atoms with Crippen molar-refractivity contribution in [2.24, 2.45) is 5.92 Å². The Hall–Kier alpha value is -2.13. The van der Waals surface area contributed by atoms with E-state index < -0.39 is 15.9 Å². The molecule has 1 N–H and O–H groups in total. The number of nitrogens with one attached hydrogen (secondary N) is 1. The Kier molecular flexibility index (Phi) is 8.98. The van der Waals surface area contributed by atoms with E-state index in [2.05, 4.69) is 5.32 Å². The first-order chi connectivity index (χ1) is 16.2. The monoisotopic (exact) mass is 525 g/mol. The maximum absolute atomic E-state index is 13.1. The van der Waals surface area contributed by atoms with Gasteiger partial charge in [0.2, 0.25) is 15.9 Å². The molecule has 34 heavy (non-hydrogen) atoms. The largest absolute Gasteiger partial charge is 0.339 e. The molecule has 1 saturated heterocycles. The van der Waals surface area contributed by atoms with Crippen LogP contribution in [0.1, 0.15) is 42.6 Å². The summed E-state index contributed by atoms with van der Waals surface area (Å²) in [7, 11) is -3.74. The van der Waals surface area contributed by atoms with E-state index in [1.54, 1.807) is 47.4 Å². The first-order valence-electron chi connectivity index (χ1n) is 11.3. The summed E-state index contributed by atoms with van der Waals surface area (Å²) in [5.74, 6) is -1.34. The second-order valence-corrected chi connectivity index (χ2v) is 10.9. The highest BCUT2D eigenvalue weighted by atomic mass is 35.5. The van der Waals surface area contributed by atoms with E-state index in [1.807, 2.05) is 13.8 Å². The van der Waals surface area contributed by atoms with Gasteiger partial charge in [0.1, 0.15) is 0 Å². The second kappa shape index (κ2) is 11.5. The summed E-state index contributed by atoms with van der Waals surface area (Å²) < 4.78 is 27.5. The molecule has 184 valence electrons. The third kappa shape index (κ3) is 6.10. The van der Waals surface area contributed by atoms with E-state index in [1.165, 1.54) is 4.31 Å². The number of nitrogens with zero attached hydrogens (tertiary/aromatic N) is 2. The zero-order chi connectivity index (χ0) is 24.9. The molecule has 2 aromatic rings. The van der Waals surface area contributed by atoms with Gasteiger partial charge in [0, 0.05) is 41.8 Å². The average molecular weight is 526 g/mol. The lowest BCUT2D eigenvalue weighted by Gasteiger charge is -2.31. The van der Waals surface area contributed by atoms with Crippen molar-refractivity contribution in [2.75, 3.05) is 31.5 Å². The molecular weight excluding hydrogens is 497 g/mol. The zero-order valence-electron chi connectivity index (χ0n) is 19.3. The minimum absolute atomic E-state index is 0.0579. The molecule has 7 nitrogen and oxygen atoms in total. The molecule has 10 heteroatoms. The SMILES string of the molecule is CCN(CC)C(=O)c1ccccc1NC(=O)C1CCCN(S(=O)(=O)Cc2c(Cl)cccc2Cl)C1. The van der Waals surface area contributed by atoms with Crippen LogP contribution in [0.15, 0.2) is 42.5 Å². The van der Waals surface area contributed by atoms with Gasteiger partial charge in [0.05, 0.1) is 22.9 Å². The lowest BCUT2D eigenvalue weighted by atomic mass is 9.98. The summed E-state index contributed by atoms with van der Waals surface area (Å²) in [5.41, 5.74) is 1.18. The predicted octanol–water partition coefficient (Wildman–Crippen LogP) is 4.66. The number of rotatable bonds is 8. The van der Waals surface area contributed by atoms with Crippen LogP contribution in [-0.2, 0) is 20.6 Å². The maximum atomic E-state index is 13.1. The van der Waals surface area contributed by atoms with Crippen LogP contribution in [0.4, 0.5) is 5.69 Å². The summed E-state index contributed by atoms with van der Waals surface area (Å²) in [6.07, 6.45) is 1.10. The fourth-order valence-corrected chi connectivity index (χ4v) is 6.41. The number of sulfonamides is 1. The van der Waals surface area contributed by atoms with Gasteiger partial charge in [-0.2, -0.15) is 0 Å². The third-order valence-electron chi connectivity index (χ3n) is 6.00. The van der Waals surface area contributed by atoms with Crippen molar-refractivity contribution in [2.45, 2.75) is 32.4 Å². The zero-order valence-corrected chi connectivity index (χ0v) is 21.6.